The fourth-order valence-corrected chi connectivity index (χ4v) is 7.29. The molecule has 1 unspecified atom stereocenters. The summed E-state index contributed by atoms with van der Waals surface area (Å²) in [6, 6.07) is 0. The Balaban J connectivity index is 4.19. The third kappa shape index (κ3) is 54.6. The van der Waals surface area contributed by atoms with Gasteiger partial charge < -0.3 is 14.2 Å². The van der Waals surface area contributed by atoms with E-state index in [4.69, 9.17) is 14.2 Å². The average molecular weight is 956 g/mol. The van der Waals surface area contributed by atoms with Gasteiger partial charge in [0, 0.05) is 19.3 Å². The van der Waals surface area contributed by atoms with Crippen molar-refractivity contribution < 1.29 is 28.6 Å². The normalized spacial score (nSPS) is 13.0. The highest BCUT2D eigenvalue weighted by atomic mass is 16.6. The highest BCUT2D eigenvalue weighted by Gasteiger charge is 2.19. The molecule has 0 aliphatic rings. The van der Waals surface area contributed by atoms with Gasteiger partial charge in [-0.05, 0) is 96.3 Å². The molecule has 0 heterocycles. The lowest BCUT2D eigenvalue weighted by Gasteiger charge is -2.18. The van der Waals surface area contributed by atoms with Crippen molar-refractivity contribution in [3.63, 3.8) is 0 Å². The van der Waals surface area contributed by atoms with Crippen LogP contribution in [0.5, 0.6) is 0 Å². The Morgan fingerprint density at radius 2 is 0.565 bits per heavy atom. The van der Waals surface area contributed by atoms with E-state index in [9.17, 15) is 14.4 Å². The van der Waals surface area contributed by atoms with Crippen LogP contribution >= 0.6 is 0 Å². The first-order valence-electron chi connectivity index (χ1n) is 28.0. The smallest absolute Gasteiger partial charge is 0.306 e. The molecule has 0 fully saturated rings. The molecule has 0 aromatic carbocycles. The van der Waals surface area contributed by atoms with Crippen LogP contribution in [0.15, 0.2) is 122 Å². The van der Waals surface area contributed by atoms with Gasteiger partial charge in [-0.1, -0.05) is 245 Å². The number of unbranched alkanes of at least 4 members (excludes halogenated alkanes) is 18. The number of hydrogen-bond acceptors (Lipinski definition) is 6. The van der Waals surface area contributed by atoms with Crippen molar-refractivity contribution in [2.24, 2.45) is 0 Å². The van der Waals surface area contributed by atoms with E-state index in [1.54, 1.807) is 0 Å². The van der Waals surface area contributed by atoms with Crippen LogP contribution in [0.4, 0.5) is 0 Å². The van der Waals surface area contributed by atoms with E-state index in [-0.39, 0.29) is 31.1 Å². The van der Waals surface area contributed by atoms with E-state index < -0.39 is 6.10 Å². The minimum Gasteiger partial charge on any atom is -0.462 e. The van der Waals surface area contributed by atoms with Crippen molar-refractivity contribution in [2.75, 3.05) is 13.2 Å². The topological polar surface area (TPSA) is 78.9 Å². The second-order valence-electron chi connectivity index (χ2n) is 18.1. The van der Waals surface area contributed by atoms with Gasteiger partial charge >= 0.3 is 17.9 Å². The largest absolute Gasteiger partial charge is 0.462 e. The third-order valence-electron chi connectivity index (χ3n) is 11.5. The van der Waals surface area contributed by atoms with Crippen LogP contribution in [0.1, 0.15) is 239 Å². The summed E-state index contributed by atoms with van der Waals surface area (Å²) in [6.07, 6.45) is 78.0. The lowest BCUT2D eigenvalue weighted by atomic mass is 10.0. The summed E-state index contributed by atoms with van der Waals surface area (Å²) in [5, 5.41) is 0. The van der Waals surface area contributed by atoms with Gasteiger partial charge in [0.1, 0.15) is 13.2 Å². The zero-order valence-electron chi connectivity index (χ0n) is 44.5. The maximum absolute atomic E-state index is 12.7. The standard InChI is InChI=1S/C63H102O6/c1-4-7-10-13-16-18-20-22-23-24-25-26-27-28-29-30-31-32-33-34-35-36-37-38-39-40-41-42-44-45-47-50-53-56-62(65)68-59-60(58-67-61(64)55-52-49-15-12-9-6-3)69-63(66)57-54-51-48-46-43-21-19-17-14-11-8-5-2/h7,10,16,18,22-23,25-26,28-29,31-32,34-35,37-38,40-41,44-45,60H,4-6,8-9,11-15,17,19-21,24,27,30,33,36,39,42-43,46-59H2,1-3H3/b10-7-,18-16-,23-22-,26-25-,29-28-,32-31-,35-34-,38-37-,41-40-,45-44-. The summed E-state index contributed by atoms with van der Waals surface area (Å²) in [7, 11) is 0. The van der Waals surface area contributed by atoms with Gasteiger partial charge in [-0.2, -0.15) is 0 Å². The highest BCUT2D eigenvalue weighted by Crippen LogP contribution is 2.14. The summed E-state index contributed by atoms with van der Waals surface area (Å²) in [5.74, 6) is -0.952. The molecule has 6 nitrogen and oxygen atoms in total. The number of ether oxygens (including phenoxy) is 3. The Kier molecular flexibility index (Phi) is 53.0. The molecule has 0 aliphatic carbocycles. The third-order valence-corrected chi connectivity index (χ3v) is 11.5. The molecule has 69 heavy (non-hydrogen) atoms. The Morgan fingerprint density at radius 1 is 0.304 bits per heavy atom. The van der Waals surface area contributed by atoms with Crippen molar-refractivity contribution >= 4 is 17.9 Å². The minimum absolute atomic E-state index is 0.0919. The van der Waals surface area contributed by atoms with Gasteiger partial charge in [0.15, 0.2) is 6.10 Å². The molecular formula is C63H102O6. The van der Waals surface area contributed by atoms with Crippen LogP contribution in [-0.2, 0) is 28.6 Å². The Bertz CT molecular complexity index is 1470. The van der Waals surface area contributed by atoms with Crippen LogP contribution < -0.4 is 0 Å². The molecule has 0 amide bonds. The molecule has 0 rings (SSSR count). The molecule has 0 aromatic rings. The Labute approximate surface area is 424 Å². The highest BCUT2D eigenvalue weighted by molar-refractivity contribution is 5.71. The molecule has 0 bridgehead atoms. The van der Waals surface area contributed by atoms with Crippen LogP contribution in [0.3, 0.4) is 0 Å². The Hall–Kier alpha value is -4.19. The van der Waals surface area contributed by atoms with Crippen molar-refractivity contribution in [2.45, 2.75) is 245 Å². The zero-order chi connectivity index (χ0) is 50.0. The molecule has 0 saturated heterocycles. The van der Waals surface area contributed by atoms with Crippen LogP contribution in [0.2, 0.25) is 0 Å². The molecule has 0 saturated carbocycles. The van der Waals surface area contributed by atoms with Gasteiger partial charge in [0.25, 0.3) is 0 Å². The van der Waals surface area contributed by atoms with E-state index in [0.29, 0.717) is 19.3 Å². The molecule has 0 spiro atoms. The van der Waals surface area contributed by atoms with Crippen molar-refractivity contribution in [3.8, 4) is 0 Å². The minimum atomic E-state index is -0.791. The van der Waals surface area contributed by atoms with E-state index in [0.717, 1.165) is 122 Å². The average Bonchev–Trinajstić information content (AvgIpc) is 3.35. The molecular weight excluding hydrogens is 853 g/mol. The number of hydrogen-bond donors (Lipinski definition) is 0. The first kappa shape index (κ1) is 64.8. The van der Waals surface area contributed by atoms with Crippen LogP contribution in [0, 0.1) is 0 Å². The second kappa shape index (κ2) is 56.4. The quantitative estimate of drug-likeness (QED) is 0.0262. The maximum Gasteiger partial charge on any atom is 0.306 e. The van der Waals surface area contributed by atoms with E-state index in [1.807, 2.05) is 0 Å². The fraction of sp³-hybridized carbons (Fsp3) is 0.635. The van der Waals surface area contributed by atoms with Gasteiger partial charge in [0.2, 0.25) is 0 Å². The molecule has 0 aromatic heterocycles. The number of allylic oxidation sites excluding steroid dienone is 20. The first-order valence-corrected chi connectivity index (χ1v) is 28.0. The van der Waals surface area contributed by atoms with Crippen LogP contribution in [-0.4, -0.2) is 37.2 Å². The molecule has 0 N–H and O–H groups in total. The number of rotatable bonds is 49. The summed E-state index contributed by atoms with van der Waals surface area (Å²) in [6.45, 7) is 6.41. The molecule has 390 valence electrons. The van der Waals surface area contributed by atoms with Crippen molar-refractivity contribution in [3.05, 3.63) is 122 Å². The number of esters is 3. The van der Waals surface area contributed by atoms with Crippen molar-refractivity contribution in [1.29, 1.82) is 0 Å². The van der Waals surface area contributed by atoms with E-state index >= 15 is 0 Å². The van der Waals surface area contributed by atoms with E-state index in [2.05, 4.69) is 142 Å². The SMILES string of the molecule is CC/C=C\C/C=C\C/C=C\C/C=C\C/C=C\C/C=C\C/C=C\C/C=C\C/C=C\C/C=C\CCCCC(=O)OCC(COC(=O)CCCCCCCC)OC(=O)CCCCCCCCCCCCCC. The predicted molar refractivity (Wildman–Crippen MR) is 297 cm³/mol. The molecule has 6 heteroatoms. The van der Waals surface area contributed by atoms with Gasteiger partial charge in [-0.15, -0.1) is 0 Å². The Morgan fingerprint density at radius 3 is 0.884 bits per heavy atom. The predicted octanol–water partition coefficient (Wildman–Crippen LogP) is 18.9. The summed E-state index contributed by atoms with van der Waals surface area (Å²) >= 11 is 0. The van der Waals surface area contributed by atoms with E-state index in [1.165, 1.54) is 77.0 Å². The molecule has 1 atom stereocenters. The van der Waals surface area contributed by atoms with Gasteiger partial charge in [0.05, 0.1) is 0 Å². The van der Waals surface area contributed by atoms with Gasteiger partial charge in [-0.3, -0.25) is 14.4 Å². The second-order valence-corrected chi connectivity index (χ2v) is 18.1. The molecule has 0 aliphatic heterocycles. The first-order chi connectivity index (χ1) is 34.0. The number of carbonyl (C=O) groups excluding carboxylic acids is 3. The maximum atomic E-state index is 12.7. The van der Waals surface area contributed by atoms with Crippen molar-refractivity contribution in [1.82, 2.24) is 0 Å². The number of carbonyl (C=O) groups is 3. The van der Waals surface area contributed by atoms with Gasteiger partial charge in [-0.25, -0.2) is 0 Å². The zero-order valence-corrected chi connectivity index (χ0v) is 44.5. The summed E-state index contributed by atoms with van der Waals surface area (Å²) < 4.78 is 16.7. The summed E-state index contributed by atoms with van der Waals surface area (Å²) in [4.78, 5) is 37.7. The van der Waals surface area contributed by atoms with Crippen LogP contribution in [0.25, 0.3) is 0 Å². The monoisotopic (exact) mass is 955 g/mol. The summed E-state index contributed by atoms with van der Waals surface area (Å²) in [5.41, 5.74) is 0. The lowest BCUT2D eigenvalue weighted by Crippen LogP contribution is -2.30. The lowest BCUT2D eigenvalue weighted by molar-refractivity contribution is -0.167. The fourth-order valence-electron chi connectivity index (χ4n) is 7.29. The molecule has 0 radical (unpaired) electrons.